The number of likely N-dealkylation sites (tertiary alicyclic amines) is 1. The number of carbonyl (C=O) groups excluding carboxylic acids is 1. The number of nitrogen functional groups attached to an aromatic ring is 1. The van der Waals surface area contributed by atoms with Crippen LogP contribution in [0.1, 0.15) is 23.7 Å². The fraction of sp³-hybridized carbons (Fsp3) is 0.478. The number of halogens is 2. The monoisotopic (exact) mass is 485 g/mol. The zero-order valence-electron chi connectivity index (χ0n) is 19.6. The Balaban J connectivity index is 1.29. The average Bonchev–Trinajstić information content (AvgIpc) is 3.42. The van der Waals surface area contributed by atoms with Crippen LogP contribution in [0.5, 0.6) is 0 Å². The number of fused-ring (bicyclic) bond motifs is 1. The second-order valence-electron chi connectivity index (χ2n) is 9.11. The lowest BCUT2D eigenvalue weighted by atomic mass is 10.1. The van der Waals surface area contributed by atoms with Crippen molar-refractivity contribution in [3.05, 3.63) is 42.0 Å². The number of pyridine rings is 1. The Morgan fingerprint density at radius 1 is 1.14 bits per heavy atom. The summed E-state index contributed by atoms with van der Waals surface area (Å²) in [6, 6.07) is 0. The second-order valence-corrected chi connectivity index (χ2v) is 9.11. The lowest BCUT2D eigenvalue weighted by molar-refractivity contribution is 0.102. The van der Waals surface area contributed by atoms with Crippen molar-refractivity contribution in [1.82, 2.24) is 29.4 Å². The van der Waals surface area contributed by atoms with E-state index in [9.17, 15) is 13.6 Å². The molecule has 3 N–H and O–H groups in total. The Bertz CT molecular complexity index is 1230. The topological polar surface area (TPSA) is 108 Å². The molecule has 0 bridgehead atoms. The summed E-state index contributed by atoms with van der Waals surface area (Å²) in [5, 5.41) is 6.66. The van der Waals surface area contributed by atoms with E-state index in [-0.39, 0.29) is 22.7 Å². The smallest absolute Gasteiger partial charge is 0.263 e. The Morgan fingerprint density at radius 2 is 1.94 bits per heavy atom. The molecule has 12 heteroatoms. The number of hydrogen-bond donors (Lipinski definition) is 2. The molecule has 0 aliphatic carbocycles. The van der Waals surface area contributed by atoms with Gasteiger partial charge in [0.05, 0.1) is 30.5 Å². The predicted molar refractivity (Wildman–Crippen MR) is 128 cm³/mol. The second kappa shape index (κ2) is 9.70. The van der Waals surface area contributed by atoms with Gasteiger partial charge in [0.25, 0.3) is 5.91 Å². The van der Waals surface area contributed by atoms with E-state index in [0.29, 0.717) is 24.7 Å². The first-order valence-corrected chi connectivity index (χ1v) is 11.9. The van der Waals surface area contributed by atoms with Crippen molar-refractivity contribution < 1.29 is 13.6 Å². The molecular formula is C23H29F2N9O. The summed E-state index contributed by atoms with van der Waals surface area (Å²) in [5.74, 6) is -1.18. The number of aromatic nitrogens is 4. The molecule has 2 aliphatic rings. The number of rotatable bonds is 6. The predicted octanol–water partition coefficient (Wildman–Crippen LogP) is 1.70. The van der Waals surface area contributed by atoms with Crippen molar-refractivity contribution in [2.75, 3.05) is 68.3 Å². The summed E-state index contributed by atoms with van der Waals surface area (Å²) < 4.78 is 29.5. The van der Waals surface area contributed by atoms with Crippen LogP contribution in [0.25, 0.3) is 5.65 Å². The molecule has 2 fully saturated rings. The minimum atomic E-state index is -0.620. The molecule has 3 aromatic rings. The van der Waals surface area contributed by atoms with Crippen molar-refractivity contribution >= 4 is 28.7 Å². The molecule has 1 unspecified atom stereocenters. The van der Waals surface area contributed by atoms with Gasteiger partial charge in [-0.25, -0.2) is 18.3 Å². The van der Waals surface area contributed by atoms with Crippen LogP contribution in [0.2, 0.25) is 0 Å². The van der Waals surface area contributed by atoms with Gasteiger partial charge >= 0.3 is 0 Å². The van der Waals surface area contributed by atoms with Gasteiger partial charge in [0.15, 0.2) is 23.1 Å². The molecule has 1 atom stereocenters. The zero-order chi connectivity index (χ0) is 24.5. The van der Waals surface area contributed by atoms with E-state index in [2.05, 4.69) is 37.1 Å². The third-order valence-corrected chi connectivity index (χ3v) is 6.84. The lowest BCUT2D eigenvalue weighted by Crippen LogP contribution is -2.48. The molecule has 5 rings (SSSR count). The molecule has 0 aromatic carbocycles. The first-order valence-electron chi connectivity index (χ1n) is 11.9. The maximum atomic E-state index is 14.9. The van der Waals surface area contributed by atoms with Crippen molar-refractivity contribution in [2.45, 2.75) is 13.3 Å². The van der Waals surface area contributed by atoms with Crippen LogP contribution in [0, 0.1) is 17.6 Å². The van der Waals surface area contributed by atoms with Gasteiger partial charge in [0.2, 0.25) is 0 Å². The molecule has 5 heterocycles. The number of nitrogens with two attached hydrogens (primary N) is 1. The average molecular weight is 486 g/mol. The molecule has 0 spiro atoms. The SMILES string of the molecule is CCN1CCC(CN2CCN(c3c(F)cncc3NC(=O)c3c(N)nn4cc(F)cnc34)CC2)C1. The van der Waals surface area contributed by atoms with E-state index in [1.54, 1.807) is 0 Å². The van der Waals surface area contributed by atoms with Crippen LogP contribution >= 0.6 is 0 Å². The largest absolute Gasteiger partial charge is 0.381 e. The number of amides is 1. The third-order valence-electron chi connectivity index (χ3n) is 6.84. The molecule has 0 radical (unpaired) electrons. The van der Waals surface area contributed by atoms with E-state index in [1.807, 2.05) is 4.90 Å². The highest BCUT2D eigenvalue weighted by Gasteiger charge is 2.28. The van der Waals surface area contributed by atoms with Crippen LogP contribution in [0.4, 0.5) is 26.0 Å². The van der Waals surface area contributed by atoms with Crippen LogP contribution in [0.15, 0.2) is 24.8 Å². The Kier molecular flexibility index (Phi) is 6.48. The molecule has 35 heavy (non-hydrogen) atoms. The van der Waals surface area contributed by atoms with Gasteiger partial charge in [-0.1, -0.05) is 6.92 Å². The summed E-state index contributed by atoms with van der Waals surface area (Å²) in [6.45, 7) is 9.53. The molecular weight excluding hydrogens is 456 g/mol. The highest BCUT2D eigenvalue weighted by Crippen LogP contribution is 2.31. The number of nitrogens with one attached hydrogen (secondary N) is 1. The molecule has 2 aliphatic heterocycles. The molecule has 1 amide bonds. The normalized spacial score (nSPS) is 19.5. The summed E-state index contributed by atoms with van der Waals surface area (Å²) in [4.78, 5) is 27.8. The van der Waals surface area contributed by atoms with E-state index in [4.69, 9.17) is 5.73 Å². The van der Waals surface area contributed by atoms with Gasteiger partial charge in [-0.15, -0.1) is 5.10 Å². The third kappa shape index (κ3) is 4.76. The van der Waals surface area contributed by atoms with Crippen molar-refractivity contribution in [1.29, 1.82) is 0 Å². The highest BCUT2D eigenvalue weighted by atomic mass is 19.1. The molecule has 186 valence electrons. The lowest BCUT2D eigenvalue weighted by Gasteiger charge is -2.37. The summed E-state index contributed by atoms with van der Waals surface area (Å²) in [5.41, 5.74) is 6.53. The summed E-state index contributed by atoms with van der Waals surface area (Å²) in [6.07, 6.45) is 5.83. The van der Waals surface area contributed by atoms with Gasteiger partial charge < -0.3 is 20.9 Å². The fourth-order valence-corrected chi connectivity index (χ4v) is 5.04. The summed E-state index contributed by atoms with van der Waals surface area (Å²) in [7, 11) is 0. The maximum absolute atomic E-state index is 14.9. The molecule has 2 saturated heterocycles. The number of anilines is 3. The van der Waals surface area contributed by atoms with Crippen LogP contribution < -0.4 is 16.0 Å². The van der Waals surface area contributed by atoms with E-state index in [0.717, 1.165) is 62.4 Å². The van der Waals surface area contributed by atoms with Crippen molar-refractivity contribution in [3.8, 4) is 0 Å². The number of piperazine rings is 1. The number of hydrogen-bond acceptors (Lipinski definition) is 8. The first-order chi connectivity index (χ1) is 16.9. The van der Waals surface area contributed by atoms with Crippen LogP contribution in [-0.2, 0) is 0 Å². The maximum Gasteiger partial charge on any atom is 0.263 e. The quantitative estimate of drug-likeness (QED) is 0.543. The van der Waals surface area contributed by atoms with Crippen molar-refractivity contribution in [3.63, 3.8) is 0 Å². The van der Waals surface area contributed by atoms with E-state index >= 15 is 0 Å². The Labute approximate surface area is 201 Å². The fourth-order valence-electron chi connectivity index (χ4n) is 5.04. The van der Waals surface area contributed by atoms with Crippen LogP contribution in [0.3, 0.4) is 0 Å². The van der Waals surface area contributed by atoms with E-state index in [1.165, 1.54) is 12.6 Å². The number of nitrogens with zero attached hydrogens (tertiary/aromatic N) is 7. The first kappa shape index (κ1) is 23.4. The van der Waals surface area contributed by atoms with Gasteiger partial charge in [-0.2, -0.15) is 0 Å². The Morgan fingerprint density at radius 3 is 2.69 bits per heavy atom. The van der Waals surface area contributed by atoms with E-state index < -0.39 is 17.5 Å². The van der Waals surface area contributed by atoms with Crippen molar-refractivity contribution in [2.24, 2.45) is 5.92 Å². The highest BCUT2D eigenvalue weighted by molar-refractivity contribution is 6.12. The van der Waals surface area contributed by atoms with Gasteiger partial charge in [0.1, 0.15) is 11.3 Å². The minimum Gasteiger partial charge on any atom is -0.381 e. The van der Waals surface area contributed by atoms with Gasteiger partial charge in [0, 0.05) is 39.3 Å². The molecule has 0 saturated carbocycles. The van der Waals surface area contributed by atoms with Crippen LogP contribution in [-0.4, -0.2) is 87.6 Å². The molecule has 3 aromatic heterocycles. The summed E-state index contributed by atoms with van der Waals surface area (Å²) >= 11 is 0. The number of carbonyl (C=O) groups is 1. The van der Waals surface area contributed by atoms with Gasteiger partial charge in [-0.3, -0.25) is 14.7 Å². The standard InChI is InChI=1S/C23H29F2N9O/c1-2-31-4-3-15(12-31)13-32-5-7-33(8-6-32)20-17(25)10-27-11-18(20)29-23(35)19-21(26)30-34-14-16(24)9-28-22(19)34/h9-11,14-15H,2-8,12-13H2,1H3,(H2,26,30)(H,29,35). The zero-order valence-corrected chi connectivity index (χ0v) is 19.6. The van der Waals surface area contributed by atoms with Gasteiger partial charge in [-0.05, 0) is 25.4 Å². The Hall–Kier alpha value is -3.38. The molecule has 10 nitrogen and oxygen atoms in total. The minimum absolute atomic E-state index is 0.0114.